The third-order valence-corrected chi connectivity index (χ3v) is 3.19. The Bertz CT molecular complexity index is 438. The van der Waals surface area contributed by atoms with Crippen molar-refractivity contribution in [3.8, 4) is 0 Å². The van der Waals surface area contributed by atoms with E-state index < -0.39 is 0 Å². The number of nitrogens with zero attached hydrogens (tertiary/aromatic N) is 3. The summed E-state index contributed by atoms with van der Waals surface area (Å²) in [6.45, 7) is 14.1. The molecule has 0 spiro atoms. The summed E-state index contributed by atoms with van der Waals surface area (Å²) in [4.78, 5) is 11.3. The second-order valence-corrected chi connectivity index (χ2v) is 6.42. The molecule has 4 nitrogen and oxygen atoms in total. The van der Waals surface area contributed by atoms with Crippen molar-refractivity contribution in [3.63, 3.8) is 0 Å². The molecule has 0 aromatic carbocycles. The molecule has 0 radical (unpaired) electrons. The van der Waals surface area contributed by atoms with E-state index in [-0.39, 0.29) is 11.2 Å². The molecule has 0 atom stereocenters. The lowest BCUT2D eigenvalue weighted by Gasteiger charge is -2.47. The largest absolute Gasteiger partial charge is 0.366 e. The minimum absolute atomic E-state index is 0.177. The minimum atomic E-state index is -0.177. The second-order valence-electron chi connectivity index (χ2n) is 6.42. The highest BCUT2D eigenvalue weighted by Gasteiger charge is 2.39. The molecule has 100 valence electrons. The number of anilines is 1. The zero-order valence-electron chi connectivity index (χ0n) is 12.2. The summed E-state index contributed by atoms with van der Waals surface area (Å²) in [5.74, 6) is 0.808. The predicted molar refractivity (Wildman–Crippen MR) is 73.0 cm³/mol. The first kappa shape index (κ1) is 13.3. The Kier molecular flexibility index (Phi) is 3.09. The average molecular weight is 249 g/mol. The van der Waals surface area contributed by atoms with E-state index in [2.05, 4.69) is 42.6 Å². The fourth-order valence-electron chi connectivity index (χ4n) is 2.60. The Morgan fingerprint density at radius 3 is 2.17 bits per heavy atom. The molecule has 0 N–H and O–H groups in total. The van der Waals surface area contributed by atoms with Gasteiger partial charge in [-0.25, -0.2) is 9.97 Å². The van der Waals surface area contributed by atoms with Crippen LogP contribution in [0.5, 0.6) is 0 Å². The van der Waals surface area contributed by atoms with Gasteiger partial charge in [0.2, 0.25) is 5.95 Å². The Morgan fingerprint density at radius 1 is 1.11 bits per heavy atom. The van der Waals surface area contributed by atoms with Crippen molar-refractivity contribution >= 4 is 5.95 Å². The highest BCUT2D eigenvalue weighted by Crippen LogP contribution is 2.29. The highest BCUT2D eigenvalue weighted by molar-refractivity contribution is 5.34. The van der Waals surface area contributed by atoms with Crippen LogP contribution in [-0.4, -0.2) is 34.3 Å². The van der Waals surface area contributed by atoms with E-state index in [1.54, 1.807) is 0 Å². The first-order valence-corrected chi connectivity index (χ1v) is 6.44. The summed E-state index contributed by atoms with van der Waals surface area (Å²) < 4.78 is 6.07. The van der Waals surface area contributed by atoms with Gasteiger partial charge in [0, 0.05) is 25.0 Å². The van der Waals surface area contributed by atoms with Gasteiger partial charge in [-0.1, -0.05) is 0 Å². The lowest BCUT2D eigenvalue weighted by molar-refractivity contribution is -0.133. The lowest BCUT2D eigenvalue weighted by Crippen LogP contribution is -2.57. The number of morpholine rings is 1. The first-order chi connectivity index (χ1) is 8.19. The second kappa shape index (κ2) is 4.19. The molecule has 1 aliphatic rings. The van der Waals surface area contributed by atoms with Gasteiger partial charge >= 0.3 is 0 Å². The SMILES string of the molecule is Cc1cnc(N2CC(C)(C)OC(C)(C)C2)nc1C. The number of hydrogen-bond acceptors (Lipinski definition) is 4. The van der Waals surface area contributed by atoms with Gasteiger partial charge < -0.3 is 9.64 Å². The van der Waals surface area contributed by atoms with Crippen LogP contribution in [0.15, 0.2) is 6.20 Å². The number of aromatic nitrogens is 2. The topological polar surface area (TPSA) is 38.2 Å². The van der Waals surface area contributed by atoms with Crippen molar-refractivity contribution in [2.45, 2.75) is 52.7 Å². The van der Waals surface area contributed by atoms with E-state index in [1.807, 2.05) is 20.0 Å². The van der Waals surface area contributed by atoms with Crippen LogP contribution < -0.4 is 4.90 Å². The number of aryl methyl sites for hydroxylation is 2. The molecule has 1 aromatic heterocycles. The van der Waals surface area contributed by atoms with E-state index in [4.69, 9.17) is 4.74 Å². The summed E-state index contributed by atoms with van der Waals surface area (Å²) in [6, 6.07) is 0. The first-order valence-electron chi connectivity index (χ1n) is 6.44. The van der Waals surface area contributed by atoms with Crippen LogP contribution in [0.2, 0.25) is 0 Å². The summed E-state index contributed by atoms with van der Waals surface area (Å²) in [6.07, 6.45) is 1.90. The molecule has 2 heterocycles. The van der Waals surface area contributed by atoms with E-state index in [9.17, 15) is 0 Å². The fraction of sp³-hybridized carbons (Fsp3) is 0.714. The average Bonchev–Trinajstić information content (AvgIpc) is 2.17. The Balaban J connectivity index is 2.29. The zero-order valence-corrected chi connectivity index (χ0v) is 12.2. The van der Waals surface area contributed by atoms with Crippen molar-refractivity contribution in [3.05, 3.63) is 17.5 Å². The van der Waals surface area contributed by atoms with Gasteiger partial charge in [0.05, 0.1) is 11.2 Å². The molecule has 0 saturated carbocycles. The molecule has 1 saturated heterocycles. The van der Waals surface area contributed by atoms with Crippen molar-refractivity contribution in [2.24, 2.45) is 0 Å². The quantitative estimate of drug-likeness (QED) is 0.766. The van der Waals surface area contributed by atoms with Crippen LogP contribution in [-0.2, 0) is 4.74 Å². The van der Waals surface area contributed by atoms with Gasteiger partial charge in [0.25, 0.3) is 0 Å². The van der Waals surface area contributed by atoms with Gasteiger partial charge in [-0.2, -0.15) is 0 Å². The van der Waals surface area contributed by atoms with Gasteiger partial charge in [0.1, 0.15) is 0 Å². The molecule has 18 heavy (non-hydrogen) atoms. The van der Waals surface area contributed by atoms with Crippen molar-refractivity contribution in [1.82, 2.24) is 9.97 Å². The van der Waals surface area contributed by atoms with E-state index in [1.165, 1.54) is 0 Å². The molecule has 1 aromatic rings. The summed E-state index contributed by atoms with van der Waals surface area (Å²) in [5, 5.41) is 0. The summed E-state index contributed by atoms with van der Waals surface area (Å²) in [5.41, 5.74) is 1.82. The van der Waals surface area contributed by atoms with E-state index >= 15 is 0 Å². The van der Waals surface area contributed by atoms with Crippen molar-refractivity contribution in [1.29, 1.82) is 0 Å². The maximum atomic E-state index is 6.07. The summed E-state index contributed by atoms with van der Waals surface area (Å²) >= 11 is 0. The van der Waals surface area contributed by atoms with Gasteiger partial charge in [-0.15, -0.1) is 0 Å². The normalized spacial score (nSPS) is 22.0. The molecule has 1 fully saturated rings. The maximum Gasteiger partial charge on any atom is 0.225 e. The van der Waals surface area contributed by atoms with E-state index in [0.717, 1.165) is 30.3 Å². The summed E-state index contributed by atoms with van der Waals surface area (Å²) in [7, 11) is 0. The molecule has 1 aliphatic heterocycles. The molecular weight excluding hydrogens is 226 g/mol. The number of rotatable bonds is 1. The number of ether oxygens (including phenoxy) is 1. The number of hydrogen-bond donors (Lipinski definition) is 0. The molecule has 0 aliphatic carbocycles. The third kappa shape index (κ3) is 2.80. The molecule has 0 amide bonds. The van der Waals surface area contributed by atoms with Crippen LogP contribution in [0.25, 0.3) is 0 Å². The van der Waals surface area contributed by atoms with Gasteiger partial charge in [0.15, 0.2) is 0 Å². The molecule has 2 rings (SSSR count). The van der Waals surface area contributed by atoms with Crippen LogP contribution in [0, 0.1) is 13.8 Å². The zero-order chi connectivity index (χ0) is 13.6. The Hall–Kier alpha value is -1.16. The monoisotopic (exact) mass is 249 g/mol. The minimum Gasteiger partial charge on any atom is -0.366 e. The highest BCUT2D eigenvalue weighted by atomic mass is 16.5. The Labute approximate surface area is 109 Å². The van der Waals surface area contributed by atoms with Crippen LogP contribution in [0.3, 0.4) is 0 Å². The van der Waals surface area contributed by atoms with Crippen LogP contribution in [0.1, 0.15) is 39.0 Å². The van der Waals surface area contributed by atoms with Crippen molar-refractivity contribution < 1.29 is 4.74 Å². The van der Waals surface area contributed by atoms with Gasteiger partial charge in [-0.3, -0.25) is 0 Å². The third-order valence-electron chi connectivity index (χ3n) is 3.19. The van der Waals surface area contributed by atoms with Gasteiger partial charge in [-0.05, 0) is 47.1 Å². The Morgan fingerprint density at radius 2 is 1.67 bits per heavy atom. The molecule has 4 heteroatoms. The van der Waals surface area contributed by atoms with Crippen LogP contribution in [0.4, 0.5) is 5.95 Å². The molecular formula is C14H23N3O. The predicted octanol–water partition coefficient (Wildman–Crippen LogP) is 2.49. The lowest BCUT2D eigenvalue weighted by atomic mass is 9.99. The van der Waals surface area contributed by atoms with Crippen LogP contribution >= 0.6 is 0 Å². The molecule has 0 bridgehead atoms. The molecule has 0 unspecified atom stereocenters. The van der Waals surface area contributed by atoms with Crippen molar-refractivity contribution in [2.75, 3.05) is 18.0 Å². The van der Waals surface area contributed by atoms with E-state index in [0.29, 0.717) is 0 Å². The maximum absolute atomic E-state index is 6.07. The smallest absolute Gasteiger partial charge is 0.225 e. The fourth-order valence-corrected chi connectivity index (χ4v) is 2.60. The standard InChI is InChI=1S/C14H23N3O/c1-10-7-15-12(16-11(10)2)17-8-13(3,4)18-14(5,6)9-17/h7H,8-9H2,1-6H3.